The summed E-state index contributed by atoms with van der Waals surface area (Å²) in [5.41, 5.74) is 5.69. The van der Waals surface area contributed by atoms with Crippen molar-refractivity contribution in [2.45, 2.75) is 4.90 Å². The number of benzene rings is 1. The van der Waals surface area contributed by atoms with Crippen LogP contribution in [0.15, 0.2) is 35.7 Å². The third-order valence-corrected chi connectivity index (χ3v) is 4.33. The van der Waals surface area contributed by atoms with Crippen molar-refractivity contribution in [3.05, 3.63) is 36.7 Å². The zero-order valence-corrected chi connectivity index (χ0v) is 11.5. The van der Waals surface area contributed by atoms with Crippen LogP contribution in [-0.2, 0) is 14.8 Å². The average molecular weight is 288 g/mol. The Bertz CT molecular complexity index is 546. The molecule has 0 bridgehead atoms. The number of nitrogen functional groups attached to an aromatic ring is 1. The Hall–Kier alpha value is -1.44. The minimum Gasteiger partial charge on any atom is -0.399 e. The molecule has 7 heteroatoms. The quantitative estimate of drug-likeness (QED) is 0.605. The van der Waals surface area contributed by atoms with E-state index in [1.807, 2.05) is 0 Å². The average Bonchev–Trinajstić information content (AvgIpc) is 2.37. The first-order valence-electron chi connectivity index (χ1n) is 5.58. The highest BCUT2D eigenvalue weighted by Gasteiger charge is 2.26. The van der Waals surface area contributed by atoms with Crippen molar-refractivity contribution in [1.82, 2.24) is 4.31 Å². The van der Waals surface area contributed by atoms with E-state index < -0.39 is 20.7 Å². The van der Waals surface area contributed by atoms with Crippen molar-refractivity contribution in [1.29, 1.82) is 0 Å². The van der Waals surface area contributed by atoms with Crippen LogP contribution in [0.3, 0.4) is 0 Å². The lowest BCUT2D eigenvalue weighted by Crippen LogP contribution is -2.34. The van der Waals surface area contributed by atoms with Crippen molar-refractivity contribution in [3.63, 3.8) is 0 Å². The first kappa shape index (κ1) is 15.6. The molecule has 19 heavy (non-hydrogen) atoms. The maximum absolute atomic E-state index is 13.7. The van der Waals surface area contributed by atoms with Crippen LogP contribution in [0.1, 0.15) is 0 Å². The van der Waals surface area contributed by atoms with Gasteiger partial charge in [-0.25, -0.2) is 12.8 Å². The van der Waals surface area contributed by atoms with Gasteiger partial charge in [0.1, 0.15) is 10.7 Å². The first-order chi connectivity index (χ1) is 8.93. The summed E-state index contributed by atoms with van der Waals surface area (Å²) >= 11 is 0. The second-order valence-corrected chi connectivity index (χ2v) is 5.74. The smallest absolute Gasteiger partial charge is 0.246 e. The number of ether oxygens (including phenoxy) is 1. The first-order valence-corrected chi connectivity index (χ1v) is 7.02. The Balaban J connectivity index is 3.18. The number of hydrogen-bond donors (Lipinski definition) is 1. The highest BCUT2D eigenvalue weighted by Crippen LogP contribution is 2.21. The van der Waals surface area contributed by atoms with Crippen molar-refractivity contribution < 1.29 is 17.5 Å². The van der Waals surface area contributed by atoms with Crippen LogP contribution >= 0.6 is 0 Å². The molecule has 0 atom stereocenters. The van der Waals surface area contributed by atoms with Crippen molar-refractivity contribution >= 4 is 15.7 Å². The number of sulfonamides is 1. The van der Waals surface area contributed by atoms with Gasteiger partial charge in [-0.1, -0.05) is 6.08 Å². The summed E-state index contributed by atoms with van der Waals surface area (Å²) in [7, 11) is -2.50. The Morgan fingerprint density at radius 1 is 1.53 bits per heavy atom. The van der Waals surface area contributed by atoms with Gasteiger partial charge in [0.2, 0.25) is 10.0 Å². The molecule has 0 aromatic heterocycles. The standard InChI is InChI=1S/C12H17FN2O3S/c1-3-6-15(7-8-18-2)19(16,17)12-9-10(14)4-5-11(12)13/h3-5,9H,1,6-8,14H2,2H3. The molecule has 0 unspecified atom stereocenters. The van der Waals surface area contributed by atoms with Crippen LogP contribution in [0.5, 0.6) is 0 Å². The number of rotatable bonds is 7. The lowest BCUT2D eigenvalue weighted by atomic mass is 10.3. The number of anilines is 1. The minimum atomic E-state index is -3.96. The molecule has 106 valence electrons. The molecule has 2 N–H and O–H groups in total. The van der Waals surface area contributed by atoms with Crippen LogP contribution < -0.4 is 5.73 Å². The van der Waals surface area contributed by atoms with Crippen molar-refractivity contribution in [2.24, 2.45) is 0 Å². The molecule has 0 heterocycles. The SMILES string of the molecule is C=CCN(CCOC)S(=O)(=O)c1cc(N)ccc1F. The summed E-state index contributed by atoms with van der Waals surface area (Å²) in [5, 5.41) is 0. The number of methoxy groups -OCH3 is 1. The second kappa shape index (κ2) is 6.65. The fraction of sp³-hybridized carbons (Fsp3) is 0.333. The van der Waals surface area contributed by atoms with Gasteiger partial charge in [-0.3, -0.25) is 0 Å². The summed E-state index contributed by atoms with van der Waals surface area (Å²) in [6.07, 6.45) is 1.43. The number of halogens is 1. The molecule has 0 saturated carbocycles. The summed E-state index contributed by atoms with van der Waals surface area (Å²) < 4.78 is 44.3. The largest absolute Gasteiger partial charge is 0.399 e. The van der Waals surface area contributed by atoms with E-state index in [0.717, 1.165) is 16.4 Å². The van der Waals surface area contributed by atoms with Gasteiger partial charge in [0.25, 0.3) is 0 Å². The number of hydrogen-bond acceptors (Lipinski definition) is 4. The molecule has 0 aliphatic heterocycles. The summed E-state index contributed by atoms with van der Waals surface area (Å²) in [5.74, 6) is -0.833. The van der Waals surface area contributed by atoms with Gasteiger partial charge in [-0.15, -0.1) is 6.58 Å². The summed E-state index contributed by atoms with van der Waals surface area (Å²) in [6, 6.07) is 3.44. The monoisotopic (exact) mass is 288 g/mol. The molecule has 0 aliphatic rings. The van der Waals surface area contributed by atoms with Gasteiger partial charge in [-0.05, 0) is 18.2 Å². The van der Waals surface area contributed by atoms with E-state index in [-0.39, 0.29) is 25.4 Å². The highest BCUT2D eigenvalue weighted by molar-refractivity contribution is 7.89. The molecular weight excluding hydrogens is 271 g/mol. The third-order valence-electron chi connectivity index (χ3n) is 2.45. The van der Waals surface area contributed by atoms with Gasteiger partial charge in [-0.2, -0.15) is 4.31 Å². The molecule has 1 rings (SSSR count). The Morgan fingerprint density at radius 3 is 2.79 bits per heavy atom. The van der Waals surface area contributed by atoms with E-state index in [1.165, 1.54) is 19.3 Å². The number of nitrogens with two attached hydrogens (primary N) is 1. The molecule has 0 fully saturated rings. The van der Waals surface area contributed by atoms with E-state index in [4.69, 9.17) is 10.5 Å². The molecule has 0 spiro atoms. The predicted molar refractivity (Wildman–Crippen MR) is 71.6 cm³/mol. The molecule has 1 aromatic rings. The highest BCUT2D eigenvalue weighted by atomic mass is 32.2. The second-order valence-electron chi connectivity index (χ2n) is 3.83. The molecule has 0 aliphatic carbocycles. The van der Waals surface area contributed by atoms with E-state index in [9.17, 15) is 12.8 Å². The van der Waals surface area contributed by atoms with Gasteiger partial charge in [0.15, 0.2) is 0 Å². The Kier molecular flexibility index (Phi) is 5.46. The minimum absolute atomic E-state index is 0.0694. The van der Waals surface area contributed by atoms with Crippen molar-refractivity contribution in [3.8, 4) is 0 Å². The van der Waals surface area contributed by atoms with Crippen LogP contribution in [0.2, 0.25) is 0 Å². The molecule has 0 saturated heterocycles. The fourth-order valence-corrected chi connectivity index (χ4v) is 3.00. The normalized spacial score (nSPS) is 11.7. The van der Waals surface area contributed by atoms with E-state index in [2.05, 4.69) is 6.58 Å². The van der Waals surface area contributed by atoms with E-state index in [1.54, 1.807) is 0 Å². The Morgan fingerprint density at radius 2 is 2.21 bits per heavy atom. The Labute approximate surface area is 112 Å². The molecular formula is C12H17FN2O3S. The molecule has 1 aromatic carbocycles. The lowest BCUT2D eigenvalue weighted by Gasteiger charge is -2.20. The van der Waals surface area contributed by atoms with E-state index in [0.29, 0.717) is 0 Å². The van der Waals surface area contributed by atoms with E-state index >= 15 is 0 Å². The number of nitrogens with zero attached hydrogens (tertiary/aromatic N) is 1. The van der Waals surface area contributed by atoms with Crippen LogP contribution in [0.25, 0.3) is 0 Å². The fourth-order valence-electron chi connectivity index (χ4n) is 1.50. The third kappa shape index (κ3) is 3.76. The molecule has 0 radical (unpaired) electrons. The zero-order chi connectivity index (χ0) is 14.5. The molecule has 5 nitrogen and oxygen atoms in total. The predicted octanol–water partition coefficient (Wildman–Crippen LogP) is 1.23. The lowest BCUT2D eigenvalue weighted by molar-refractivity contribution is 0.182. The summed E-state index contributed by atoms with van der Waals surface area (Å²) in [6.45, 7) is 3.88. The van der Waals surface area contributed by atoms with Crippen LogP contribution in [0, 0.1) is 5.82 Å². The van der Waals surface area contributed by atoms with Gasteiger partial charge in [0, 0.05) is 25.9 Å². The van der Waals surface area contributed by atoms with Crippen LogP contribution in [-0.4, -0.2) is 39.5 Å². The van der Waals surface area contributed by atoms with Gasteiger partial charge in [0.05, 0.1) is 6.61 Å². The maximum atomic E-state index is 13.7. The topological polar surface area (TPSA) is 72.6 Å². The van der Waals surface area contributed by atoms with Crippen LogP contribution in [0.4, 0.5) is 10.1 Å². The maximum Gasteiger partial charge on any atom is 0.246 e. The molecule has 0 amide bonds. The summed E-state index contributed by atoms with van der Waals surface area (Å²) in [4.78, 5) is -0.439. The van der Waals surface area contributed by atoms with Crippen molar-refractivity contribution in [2.75, 3.05) is 32.5 Å². The van der Waals surface area contributed by atoms with Gasteiger partial charge < -0.3 is 10.5 Å². The van der Waals surface area contributed by atoms with Gasteiger partial charge >= 0.3 is 0 Å². The zero-order valence-electron chi connectivity index (χ0n) is 10.7.